The van der Waals surface area contributed by atoms with Crippen molar-refractivity contribution in [3.05, 3.63) is 35.9 Å². The summed E-state index contributed by atoms with van der Waals surface area (Å²) in [6, 6.07) is 10.5. The molecule has 0 radical (unpaired) electrons. The number of carbonyl (C=O) groups excluding carboxylic acids is 1. The lowest BCUT2D eigenvalue weighted by molar-refractivity contribution is 0.222. The SMILES string of the molecule is C#CC1(NC(=O)N[C@H]2C[C@@H]2c2ccccc2)CCCCC1. The van der Waals surface area contributed by atoms with Crippen LogP contribution in [0.3, 0.4) is 0 Å². The van der Waals surface area contributed by atoms with E-state index in [1.54, 1.807) is 0 Å². The zero-order valence-corrected chi connectivity index (χ0v) is 12.3. The Hall–Kier alpha value is -1.95. The summed E-state index contributed by atoms with van der Waals surface area (Å²) in [6.07, 6.45) is 11.9. The quantitative estimate of drug-likeness (QED) is 0.821. The number of urea groups is 1. The first kappa shape index (κ1) is 14.0. The topological polar surface area (TPSA) is 41.1 Å². The second-order valence-corrected chi connectivity index (χ2v) is 6.24. The fourth-order valence-electron chi connectivity index (χ4n) is 3.31. The third-order valence-electron chi connectivity index (χ3n) is 4.67. The van der Waals surface area contributed by atoms with Crippen LogP contribution in [0.1, 0.15) is 50.0 Å². The molecule has 2 N–H and O–H groups in total. The van der Waals surface area contributed by atoms with Crippen molar-refractivity contribution in [1.29, 1.82) is 0 Å². The van der Waals surface area contributed by atoms with Crippen molar-refractivity contribution < 1.29 is 4.79 Å². The predicted octanol–water partition coefficient (Wildman–Crippen LogP) is 3.18. The average Bonchev–Trinajstić information content (AvgIpc) is 3.28. The van der Waals surface area contributed by atoms with Gasteiger partial charge in [-0.3, -0.25) is 0 Å². The van der Waals surface area contributed by atoms with Crippen LogP contribution >= 0.6 is 0 Å². The van der Waals surface area contributed by atoms with Gasteiger partial charge in [-0.05, 0) is 24.8 Å². The predicted molar refractivity (Wildman–Crippen MR) is 83.9 cm³/mol. The van der Waals surface area contributed by atoms with E-state index in [1.165, 1.54) is 12.0 Å². The number of nitrogens with one attached hydrogen (secondary N) is 2. The van der Waals surface area contributed by atoms with Crippen molar-refractivity contribution in [3.8, 4) is 12.3 Å². The van der Waals surface area contributed by atoms with Crippen molar-refractivity contribution in [2.45, 2.75) is 56.0 Å². The zero-order valence-electron chi connectivity index (χ0n) is 12.3. The molecule has 3 nitrogen and oxygen atoms in total. The first-order valence-corrected chi connectivity index (χ1v) is 7.84. The molecule has 110 valence electrons. The number of rotatable bonds is 3. The van der Waals surface area contributed by atoms with Gasteiger partial charge in [0.2, 0.25) is 0 Å². The van der Waals surface area contributed by atoms with Crippen LogP contribution in [0, 0.1) is 12.3 Å². The van der Waals surface area contributed by atoms with Gasteiger partial charge >= 0.3 is 6.03 Å². The monoisotopic (exact) mass is 282 g/mol. The number of hydrogen-bond acceptors (Lipinski definition) is 1. The summed E-state index contributed by atoms with van der Waals surface area (Å²) in [5, 5.41) is 6.10. The van der Waals surface area contributed by atoms with Crippen molar-refractivity contribution in [2.75, 3.05) is 0 Å². The summed E-state index contributed by atoms with van der Waals surface area (Å²) in [5.41, 5.74) is 0.867. The Morgan fingerprint density at radius 1 is 1.19 bits per heavy atom. The first-order valence-electron chi connectivity index (χ1n) is 7.84. The number of hydrogen-bond donors (Lipinski definition) is 2. The summed E-state index contributed by atoms with van der Waals surface area (Å²) in [6.45, 7) is 0. The van der Waals surface area contributed by atoms with E-state index in [-0.39, 0.29) is 12.1 Å². The highest BCUT2D eigenvalue weighted by atomic mass is 16.2. The molecule has 1 aromatic carbocycles. The Bertz CT molecular complexity index is 540. The molecule has 0 bridgehead atoms. The molecule has 2 atom stereocenters. The summed E-state index contributed by atoms with van der Waals surface area (Å²) in [4.78, 5) is 12.2. The Kier molecular flexibility index (Phi) is 3.88. The summed E-state index contributed by atoms with van der Waals surface area (Å²) in [7, 11) is 0. The van der Waals surface area contributed by atoms with Crippen LogP contribution in [0.4, 0.5) is 4.79 Å². The van der Waals surface area contributed by atoms with Gasteiger partial charge in [0.15, 0.2) is 0 Å². The van der Waals surface area contributed by atoms with E-state index >= 15 is 0 Å². The molecule has 2 saturated carbocycles. The number of carbonyl (C=O) groups is 1. The van der Waals surface area contributed by atoms with Gasteiger partial charge in [-0.25, -0.2) is 4.79 Å². The maximum atomic E-state index is 12.2. The lowest BCUT2D eigenvalue weighted by Crippen LogP contribution is -2.52. The zero-order chi connectivity index (χ0) is 14.7. The van der Waals surface area contributed by atoms with E-state index in [1.807, 2.05) is 18.2 Å². The standard InChI is InChI=1S/C18H22N2O/c1-2-18(11-7-4-8-12-18)20-17(21)19-16-13-15(16)14-9-5-3-6-10-14/h1,3,5-6,9-10,15-16H,4,7-8,11-13H2,(H2,19,20,21)/t15-,16+/m1/s1. The molecular weight excluding hydrogens is 260 g/mol. The van der Waals surface area contributed by atoms with Gasteiger partial charge < -0.3 is 10.6 Å². The Balaban J connectivity index is 1.53. The molecule has 3 rings (SSSR count). The minimum Gasteiger partial charge on any atom is -0.335 e. The van der Waals surface area contributed by atoms with E-state index in [2.05, 4.69) is 28.7 Å². The highest BCUT2D eigenvalue weighted by Gasteiger charge is 2.40. The molecule has 21 heavy (non-hydrogen) atoms. The summed E-state index contributed by atoms with van der Waals surface area (Å²) < 4.78 is 0. The van der Waals surface area contributed by atoms with Gasteiger partial charge in [-0.1, -0.05) is 55.5 Å². The van der Waals surface area contributed by atoms with Gasteiger partial charge in [-0.15, -0.1) is 6.42 Å². The number of amides is 2. The number of terminal acetylenes is 1. The van der Waals surface area contributed by atoms with Gasteiger partial charge in [0.05, 0.1) is 0 Å². The van der Waals surface area contributed by atoms with Crippen molar-refractivity contribution >= 4 is 6.03 Å². The fraction of sp³-hybridized carbons (Fsp3) is 0.500. The average molecular weight is 282 g/mol. The molecule has 0 saturated heterocycles. The molecule has 0 aliphatic heterocycles. The van der Waals surface area contributed by atoms with Crippen LogP contribution in [0.2, 0.25) is 0 Å². The molecule has 2 aliphatic rings. The van der Waals surface area contributed by atoms with E-state index in [0.29, 0.717) is 5.92 Å². The van der Waals surface area contributed by atoms with Crippen LogP contribution in [-0.2, 0) is 0 Å². The molecular formula is C18H22N2O. The van der Waals surface area contributed by atoms with E-state index in [0.717, 1.165) is 32.1 Å². The largest absolute Gasteiger partial charge is 0.335 e. The van der Waals surface area contributed by atoms with Gasteiger partial charge in [-0.2, -0.15) is 0 Å². The highest BCUT2D eigenvalue weighted by molar-refractivity contribution is 5.76. The van der Waals surface area contributed by atoms with Crippen molar-refractivity contribution in [3.63, 3.8) is 0 Å². The van der Waals surface area contributed by atoms with Crippen LogP contribution < -0.4 is 10.6 Å². The smallest absolute Gasteiger partial charge is 0.316 e. The van der Waals surface area contributed by atoms with Gasteiger partial charge in [0, 0.05) is 12.0 Å². The third kappa shape index (κ3) is 3.21. The van der Waals surface area contributed by atoms with E-state index < -0.39 is 5.54 Å². The van der Waals surface area contributed by atoms with Crippen LogP contribution in [0.5, 0.6) is 0 Å². The molecule has 0 aromatic heterocycles. The van der Waals surface area contributed by atoms with Crippen LogP contribution in [0.25, 0.3) is 0 Å². The van der Waals surface area contributed by atoms with E-state index in [9.17, 15) is 4.79 Å². The van der Waals surface area contributed by atoms with Gasteiger partial charge in [0.25, 0.3) is 0 Å². The molecule has 0 spiro atoms. The summed E-state index contributed by atoms with van der Waals surface area (Å²) >= 11 is 0. The normalized spacial score (nSPS) is 26.4. The third-order valence-corrected chi connectivity index (χ3v) is 4.67. The number of benzene rings is 1. The molecule has 2 fully saturated rings. The Morgan fingerprint density at radius 2 is 1.90 bits per heavy atom. The molecule has 0 unspecified atom stereocenters. The van der Waals surface area contributed by atoms with Gasteiger partial charge in [0.1, 0.15) is 5.54 Å². The summed E-state index contributed by atoms with van der Waals surface area (Å²) in [5.74, 6) is 3.26. The Morgan fingerprint density at radius 3 is 2.57 bits per heavy atom. The second kappa shape index (κ2) is 5.81. The first-order chi connectivity index (χ1) is 10.2. The minimum absolute atomic E-state index is 0.113. The van der Waals surface area contributed by atoms with Crippen molar-refractivity contribution in [2.24, 2.45) is 0 Å². The molecule has 2 amide bonds. The Labute approximate surface area is 126 Å². The van der Waals surface area contributed by atoms with E-state index in [4.69, 9.17) is 6.42 Å². The highest BCUT2D eigenvalue weighted by Crippen LogP contribution is 2.40. The van der Waals surface area contributed by atoms with Crippen molar-refractivity contribution in [1.82, 2.24) is 10.6 Å². The maximum absolute atomic E-state index is 12.2. The fourth-order valence-corrected chi connectivity index (χ4v) is 3.31. The molecule has 3 heteroatoms. The molecule has 0 heterocycles. The lowest BCUT2D eigenvalue weighted by atomic mass is 9.82. The lowest BCUT2D eigenvalue weighted by Gasteiger charge is -2.33. The van der Waals surface area contributed by atoms with Crippen LogP contribution in [-0.4, -0.2) is 17.6 Å². The van der Waals surface area contributed by atoms with Crippen LogP contribution in [0.15, 0.2) is 30.3 Å². The molecule has 2 aliphatic carbocycles. The minimum atomic E-state index is -0.431. The maximum Gasteiger partial charge on any atom is 0.316 e. The second-order valence-electron chi connectivity index (χ2n) is 6.24. The molecule has 1 aromatic rings.